The van der Waals surface area contributed by atoms with Gasteiger partial charge >= 0.3 is 5.97 Å². The molecule has 0 spiro atoms. The van der Waals surface area contributed by atoms with E-state index in [4.69, 9.17) is 4.74 Å². The van der Waals surface area contributed by atoms with Crippen molar-refractivity contribution >= 4 is 22.1 Å². The Labute approximate surface area is 180 Å². The molecule has 0 aromatic heterocycles. The molecule has 0 bridgehead atoms. The standard InChI is InChI=1S/C24H42O3Si2/c1-19(24(6,22(25)26)28(7,8)9)16-20(2)29(10,23(3,4)5)18-27-17-21-14-12-11-13-15-21/h11-16,19H,17-18H2,1-10H3,(H,25,26)/b20-16+/t19-,24+,29+/m1/s1. The largest absolute Gasteiger partial charge is 0.481 e. The number of hydrogen-bond acceptors (Lipinski definition) is 2. The van der Waals surface area contributed by atoms with Gasteiger partial charge in [-0.2, -0.15) is 0 Å². The van der Waals surface area contributed by atoms with Crippen molar-refractivity contribution in [1.82, 2.24) is 0 Å². The van der Waals surface area contributed by atoms with Crippen LogP contribution in [-0.4, -0.2) is 33.5 Å². The second-order valence-electron chi connectivity index (χ2n) is 11.0. The fourth-order valence-electron chi connectivity index (χ4n) is 3.79. The Hall–Kier alpha value is -1.18. The van der Waals surface area contributed by atoms with Crippen LogP contribution in [0.2, 0.25) is 36.3 Å². The van der Waals surface area contributed by atoms with Crippen LogP contribution in [-0.2, 0) is 16.1 Å². The van der Waals surface area contributed by atoms with Gasteiger partial charge in [-0.05, 0) is 23.4 Å². The highest BCUT2D eigenvalue weighted by molar-refractivity contribution is 6.87. The van der Waals surface area contributed by atoms with Gasteiger partial charge in [-0.25, -0.2) is 0 Å². The van der Waals surface area contributed by atoms with Crippen molar-refractivity contribution in [3.8, 4) is 0 Å². The van der Waals surface area contributed by atoms with E-state index in [9.17, 15) is 9.90 Å². The predicted molar refractivity (Wildman–Crippen MR) is 130 cm³/mol. The lowest BCUT2D eigenvalue weighted by atomic mass is 9.94. The van der Waals surface area contributed by atoms with Gasteiger partial charge in [0.15, 0.2) is 0 Å². The first-order chi connectivity index (χ1) is 13.1. The van der Waals surface area contributed by atoms with Crippen molar-refractivity contribution in [1.29, 1.82) is 0 Å². The Morgan fingerprint density at radius 2 is 1.62 bits per heavy atom. The van der Waals surface area contributed by atoms with Crippen molar-refractivity contribution in [3.05, 3.63) is 47.2 Å². The van der Waals surface area contributed by atoms with Crippen LogP contribution in [0.1, 0.15) is 47.1 Å². The maximum atomic E-state index is 12.3. The summed E-state index contributed by atoms with van der Waals surface area (Å²) in [6.45, 7) is 22.6. The molecule has 5 heteroatoms. The molecule has 3 atom stereocenters. The first-order valence-corrected chi connectivity index (χ1v) is 16.8. The van der Waals surface area contributed by atoms with E-state index in [2.05, 4.69) is 79.0 Å². The molecule has 1 aromatic rings. The summed E-state index contributed by atoms with van der Waals surface area (Å²) >= 11 is 0. The minimum atomic E-state index is -1.98. The van der Waals surface area contributed by atoms with E-state index in [1.54, 1.807) is 0 Å². The molecule has 0 saturated heterocycles. The van der Waals surface area contributed by atoms with Gasteiger partial charge in [0.1, 0.15) is 8.07 Å². The van der Waals surface area contributed by atoms with Gasteiger partial charge in [0.2, 0.25) is 0 Å². The van der Waals surface area contributed by atoms with Crippen molar-refractivity contribution < 1.29 is 14.6 Å². The molecule has 0 radical (unpaired) electrons. The Balaban J connectivity index is 3.17. The number of carboxylic acids is 1. The molecule has 0 fully saturated rings. The molecule has 0 aliphatic heterocycles. The summed E-state index contributed by atoms with van der Waals surface area (Å²) < 4.78 is 6.23. The number of carbonyl (C=O) groups is 1. The molecule has 0 unspecified atom stereocenters. The number of carboxylic acid groups (broad SMARTS) is 1. The number of aliphatic carboxylic acids is 1. The molecule has 0 aliphatic rings. The third kappa shape index (κ3) is 5.71. The number of ether oxygens (including phenoxy) is 1. The minimum Gasteiger partial charge on any atom is -0.481 e. The van der Waals surface area contributed by atoms with Crippen LogP contribution in [0.5, 0.6) is 0 Å². The van der Waals surface area contributed by atoms with Gasteiger partial charge in [0.25, 0.3) is 0 Å². The first kappa shape index (κ1) is 25.9. The first-order valence-electron chi connectivity index (χ1n) is 10.6. The Bertz CT molecular complexity index is 716. The fourth-order valence-corrected chi connectivity index (χ4v) is 8.86. The average Bonchev–Trinajstić information content (AvgIpc) is 2.59. The smallest absolute Gasteiger partial charge is 0.307 e. The van der Waals surface area contributed by atoms with Gasteiger partial charge in [0.05, 0.1) is 19.7 Å². The Morgan fingerprint density at radius 1 is 1.10 bits per heavy atom. The van der Waals surface area contributed by atoms with Crippen LogP contribution in [0.15, 0.2) is 41.6 Å². The van der Waals surface area contributed by atoms with Crippen molar-refractivity contribution in [2.75, 3.05) is 6.23 Å². The Morgan fingerprint density at radius 3 is 2.03 bits per heavy atom. The lowest BCUT2D eigenvalue weighted by Crippen LogP contribution is -2.49. The summed E-state index contributed by atoms with van der Waals surface area (Å²) in [7, 11) is -3.92. The van der Waals surface area contributed by atoms with E-state index in [-0.39, 0.29) is 11.0 Å². The number of hydrogen-bond donors (Lipinski definition) is 1. The predicted octanol–water partition coefficient (Wildman–Crippen LogP) is 6.93. The molecule has 1 N–H and O–H groups in total. The molecule has 0 heterocycles. The number of allylic oxidation sites excluding steroid dienone is 2. The van der Waals surface area contributed by atoms with E-state index >= 15 is 0 Å². The van der Waals surface area contributed by atoms with E-state index in [0.717, 1.165) is 6.23 Å². The van der Waals surface area contributed by atoms with Crippen LogP contribution in [0.3, 0.4) is 0 Å². The molecular formula is C24H42O3Si2. The molecule has 1 rings (SSSR count). The monoisotopic (exact) mass is 434 g/mol. The highest BCUT2D eigenvalue weighted by Crippen LogP contribution is 2.48. The molecule has 164 valence electrons. The molecule has 0 amide bonds. The van der Waals surface area contributed by atoms with Gasteiger partial charge in [-0.3, -0.25) is 4.79 Å². The Kier molecular flexibility index (Phi) is 8.31. The summed E-state index contributed by atoms with van der Waals surface area (Å²) in [5.41, 5.74) is 1.19. The summed E-state index contributed by atoms with van der Waals surface area (Å²) in [5, 5.41) is 10.8. The minimum absolute atomic E-state index is 0.0186. The van der Waals surface area contributed by atoms with Crippen LogP contribution < -0.4 is 0 Å². The topological polar surface area (TPSA) is 46.5 Å². The summed E-state index contributed by atoms with van der Waals surface area (Å²) in [5.74, 6) is -0.692. The lowest BCUT2D eigenvalue weighted by Gasteiger charge is -2.44. The summed E-state index contributed by atoms with van der Waals surface area (Å²) in [6, 6.07) is 10.3. The van der Waals surface area contributed by atoms with E-state index in [1.807, 2.05) is 25.1 Å². The average molecular weight is 435 g/mol. The highest BCUT2D eigenvalue weighted by Gasteiger charge is 2.50. The molecular weight excluding hydrogens is 392 g/mol. The van der Waals surface area contributed by atoms with Crippen molar-refractivity contribution in [2.45, 2.75) is 84.4 Å². The maximum Gasteiger partial charge on any atom is 0.307 e. The second-order valence-corrected chi connectivity index (χ2v) is 21.7. The quantitative estimate of drug-likeness (QED) is 0.429. The molecule has 29 heavy (non-hydrogen) atoms. The maximum absolute atomic E-state index is 12.3. The van der Waals surface area contributed by atoms with Crippen LogP contribution in [0.25, 0.3) is 0 Å². The SMILES string of the molecule is C/C(=C\[C@@H](C)[C@@](C)(C(=O)O)[Si](C)(C)C)[Si@](C)(COCc1ccccc1)C(C)(C)C. The number of rotatable bonds is 9. The van der Waals surface area contributed by atoms with E-state index in [0.29, 0.717) is 6.61 Å². The second kappa shape index (κ2) is 9.31. The molecule has 0 saturated carbocycles. The summed E-state index contributed by atoms with van der Waals surface area (Å²) in [4.78, 5) is 12.3. The van der Waals surface area contributed by atoms with Crippen LogP contribution >= 0.6 is 0 Å². The van der Waals surface area contributed by atoms with Gasteiger partial charge in [-0.1, -0.05) is 102 Å². The van der Waals surface area contributed by atoms with Crippen molar-refractivity contribution in [3.63, 3.8) is 0 Å². The van der Waals surface area contributed by atoms with E-state index < -0.39 is 27.2 Å². The highest BCUT2D eigenvalue weighted by atomic mass is 28.3. The van der Waals surface area contributed by atoms with Crippen LogP contribution in [0, 0.1) is 5.92 Å². The van der Waals surface area contributed by atoms with Gasteiger partial charge < -0.3 is 9.84 Å². The number of benzene rings is 1. The molecule has 1 aromatic carbocycles. The van der Waals surface area contributed by atoms with Crippen molar-refractivity contribution in [2.24, 2.45) is 5.92 Å². The summed E-state index contributed by atoms with van der Waals surface area (Å²) in [6.07, 6.45) is 2.99. The van der Waals surface area contributed by atoms with Crippen LogP contribution in [0.4, 0.5) is 0 Å². The normalized spacial score (nSPS) is 18.6. The molecule has 0 aliphatic carbocycles. The van der Waals surface area contributed by atoms with Gasteiger partial charge in [-0.15, -0.1) is 0 Å². The zero-order valence-electron chi connectivity index (χ0n) is 20.2. The fraction of sp³-hybridized carbons (Fsp3) is 0.625. The zero-order valence-corrected chi connectivity index (χ0v) is 22.2. The van der Waals surface area contributed by atoms with E-state index in [1.165, 1.54) is 10.8 Å². The lowest BCUT2D eigenvalue weighted by molar-refractivity contribution is -0.141. The third-order valence-corrected chi connectivity index (χ3v) is 17.2. The third-order valence-electron chi connectivity index (χ3n) is 7.44. The zero-order chi connectivity index (χ0) is 22.7. The van der Waals surface area contributed by atoms with Gasteiger partial charge in [0, 0.05) is 6.23 Å². The molecule has 3 nitrogen and oxygen atoms in total.